The van der Waals surface area contributed by atoms with Crippen LogP contribution in [-0.2, 0) is 76.8 Å². The molecule has 4 rings (SSSR count). The SMILES string of the molecule is COCCOCCNC(=O)CCC(=O)CCc1cccc(CS(=O)(=O)N[C@H](CCCc2ccccc2)C(=O)C[C@@H](Cc2cccc(CN)c2)C(=O)NCc2ccc(C(=N)N)cc2)c1. The molecule has 15 heteroatoms. The summed E-state index contributed by atoms with van der Waals surface area (Å²) in [6, 6.07) is 30.0. The number of ketones is 2. The van der Waals surface area contributed by atoms with Gasteiger partial charge in [0.05, 0.1) is 31.6 Å². The molecular weight excluding hydrogens is 821 g/mol. The van der Waals surface area contributed by atoms with Crippen molar-refractivity contribution in [1.82, 2.24) is 15.4 Å². The maximum absolute atomic E-state index is 14.3. The van der Waals surface area contributed by atoms with Crippen molar-refractivity contribution in [2.24, 2.45) is 17.4 Å². The van der Waals surface area contributed by atoms with Gasteiger partial charge in [0.1, 0.15) is 11.6 Å². The minimum absolute atomic E-state index is 0.0660. The normalized spacial score (nSPS) is 12.3. The zero-order chi connectivity index (χ0) is 45.5. The van der Waals surface area contributed by atoms with Crippen LogP contribution in [0.15, 0.2) is 103 Å². The number of nitrogen functional groups attached to an aromatic ring is 1. The van der Waals surface area contributed by atoms with Gasteiger partial charge >= 0.3 is 0 Å². The van der Waals surface area contributed by atoms with Crippen molar-refractivity contribution in [3.63, 3.8) is 0 Å². The van der Waals surface area contributed by atoms with Gasteiger partial charge in [-0.05, 0) is 65.5 Å². The van der Waals surface area contributed by atoms with Crippen molar-refractivity contribution >= 4 is 39.2 Å². The summed E-state index contributed by atoms with van der Waals surface area (Å²) in [4.78, 5) is 53.0. The van der Waals surface area contributed by atoms with Gasteiger partial charge in [-0.25, -0.2) is 13.1 Å². The third-order valence-corrected chi connectivity index (χ3v) is 11.8. The zero-order valence-electron chi connectivity index (χ0n) is 36.1. The van der Waals surface area contributed by atoms with E-state index in [9.17, 15) is 27.6 Å². The van der Waals surface area contributed by atoms with E-state index in [1.807, 2.05) is 60.7 Å². The number of aryl methyl sites for hydroxylation is 2. The first-order chi connectivity index (χ1) is 30.3. The van der Waals surface area contributed by atoms with E-state index in [-0.39, 0.29) is 68.5 Å². The van der Waals surface area contributed by atoms with Crippen LogP contribution in [-0.4, -0.2) is 77.2 Å². The lowest BCUT2D eigenvalue weighted by atomic mass is 9.89. The van der Waals surface area contributed by atoms with Crippen molar-refractivity contribution in [3.05, 3.63) is 142 Å². The molecule has 0 heterocycles. The number of Topliss-reactive ketones (excluding diaryl/α,β-unsaturated/α-hetero) is 2. The molecule has 14 nitrogen and oxygen atoms in total. The van der Waals surface area contributed by atoms with Gasteiger partial charge in [0.15, 0.2) is 5.78 Å². The average molecular weight is 883 g/mol. The molecule has 0 aliphatic carbocycles. The van der Waals surface area contributed by atoms with Crippen molar-refractivity contribution in [2.45, 2.75) is 82.7 Å². The van der Waals surface area contributed by atoms with E-state index in [0.717, 1.165) is 27.8 Å². The Morgan fingerprint density at radius 2 is 1.41 bits per heavy atom. The lowest BCUT2D eigenvalue weighted by Gasteiger charge is -2.22. The highest BCUT2D eigenvalue weighted by Crippen LogP contribution is 2.20. The molecule has 0 bridgehead atoms. The molecule has 0 aliphatic heterocycles. The number of carbonyl (C=O) groups excluding carboxylic acids is 4. The van der Waals surface area contributed by atoms with Crippen molar-refractivity contribution in [2.75, 3.05) is 33.5 Å². The van der Waals surface area contributed by atoms with Crippen LogP contribution in [0.2, 0.25) is 0 Å². The number of methoxy groups -OCH3 is 1. The van der Waals surface area contributed by atoms with E-state index >= 15 is 0 Å². The molecule has 0 aromatic heterocycles. The highest BCUT2D eigenvalue weighted by atomic mass is 32.2. The summed E-state index contributed by atoms with van der Waals surface area (Å²) in [5.41, 5.74) is 16.8. The van der Waals surface area contributed by atoms with Gasteiger partial charge < -0.3 is 31.6 Å². The smallest absolute Gasteiger partial charge is 0.224 e. The van der Waals surface area contributed by atoms with Crippen molar-refractivity contribution in [1.29, 1.82) is 5.41 Å². The molecule has 0 saturated carbocycles. The van der Waals surface area contributed by atoms with Gasteiger partial charge in [-0.15, -0.1) is 0 Å². The van der Waals surface area contributed by atoms with Gasteiger partial charge in [0, 0.05) is 63.9 Å². The number of sulfonamides is 1. The summed E-state index contributed by atoms with van der Waals surface area (Å²) in [5.74, 6) is -2.36. The van der Waals surface area contributed by atoms with E-state index in [0.29, 0.717) is 63.3 Å². The minimum atomic E-state index is -4.07. The van der Waals surface area contributed by atoms with Crippen LogP contribution < -0.4 is 26.8 Å². The monoisotopic (exact) mass is 882 g/mol. The first-order valence-electron chi connectivity index (χ1n) is 21.3. The van der Waals surface area contributed by atoms with Gasteiger partial charge in [0.25, 0.3) is 0 Å². The van der Waals surface area contributed by atoms with Crippen molar-refractivity contribution in [3.8, 4) is 0 Å². The molecule has 2 amide bonds. The van der Waals surface area contributed by atoms with Gasteiger partial charge in [-0.2, -0.15) is 0 Å². The number of ether oxygens (including phenoxy) is 2. The number of hydrogen-bond donors (Lipinski definition) is 6. The quantitative estimate of drug-likeness (QED) is 0.0245. The average Bonchev–Trinajstić information content (AvgIpc) is 3.27. The summed E-state index contributed by atoms with van der Waals surface area (Å²) >= 11 is 0. The predicted octanol–water partition coefficient (Wildman–Crippen LogP) is 4.44. The summed E-state index contributed by atoms with van der Waals surface area (Å²) < 4.78 is 40.6. The number of nitrogens with two attached hydrogens (primary N) is 2. The molecule has 0 fully saturated rings. The number of carbonyl (C=O) groups is 4. The molecule has 63 heavy (non-hydrogen) atoms. The minimum Gasteiger partial charge on any atom is -0.384 e. The Labute approximate surface area is 371 Å². The number of benzene rings is 4. The first kappa shape index (κ1) is 50.1. The second-order valence-corrected chi connectivity index (χ2v) is 17.3. The van der Waals surface area contributed by atoms with Crippen LogP contribution in [0.25, 0.3) is 0 Å². The summed E-state index contributed by atoms with van der Waals surface area (Å²) in [5, 5.41) is 13.3. The molecule has 2 atom stereocenters. The maximum Gasteiger partial charge on any atom is 0.224 e. The summed E-state index contributed by atoms with van der Waals surface area (Å²) in [6.45, 7) is 2.07. The van der Waals surface area contributed by atoms with E-state index in [4.69, 9.17) is 26.4 Å². The molecule has 4 aromatic carbocycles. The molecule has 0 unspecified atom stereocenters. The molecule has 0 radical (unpaired) electrons. The summed E-state index contributed by atoms with van der Waals surface area (Å²) in [7, 11) is -2.49. The molecule has 338 valence electrons. The third-order valence-electron chi connectivity index (χ3n) is 10.4. The predicted molar refractivity (Wildman–Crippen MR) is 244 cm³/mol. The van der Waals surface area contributed by atoms with Crippen LogP contribution in [0.5, 0.6) is 0 Å². The summed E-state index contributed by atoms with van der Waals surface area (Å²) in [6.07, 6.45) is 2.09. The van der Waals surface area contributed by atoms with Crippen LogP contribution in [0, 0.1) is 11.3 Å². The van der Waals surface area contributed by atoms with Crippen molar-refractivity contribution < 1.29 is 37.1 Å². The molecule has 4 aromatic rings. The van der Waals surface area contributed by atoms with Crippen LogP contribution in [0.4, 0.5) is 0 Å². The molecule has 0 aliphatic rings. The van der Waals surface area contributed by atoms with Gasteiger partial charge in [-0.3, -0.25) is 24.6 Å². The Balaban J connectivity index is 1.42. The maximum atomic E-state index is 14.3. The lowest BCUT2D eigenvalue weighted by molar-refractivity contribution is -0.130. The first-order valence-corrected chi connectivity index (χ1v) is 23.0. The largest absolute Gasteiger partial charge is 0.384 e. The third kappa shape index (κ3) is 19.1. The topological polar surface area (TPSA) is 233 Å². The molecule has 0 saturated heterocycles. The number of hydrogen-bond acceptors (Lipinski definition) is 10. The number of nitrogens with one attached hydrogen (secondary N) is 4. The Hall–Kier alpha value is -5.58. The van der Waals surface area contributed by atoms with Crippen LogP contribution in [0.3, 0.4) is 0 Å². The fourth-order valence-electron chi connectivity index (χ4n) is 7.00. The van der Waals surface area contributed by atoms with Crippen LogP contribution >= 0.6 is 0 Å². The van der Waals surface area contributed by atoms with E-state index in [2.05, 4.69) is 15.4 Å². The van der Waals surface area contributed by atoms with E-state index < -0.39 is 33.5 Å². The Kier molecular flexibility index (Phi) is 21.3. The Bertz CT molecular complexity index is 2200. The second kappa shape index (κ2) is 26.8. The Morgan fingerprint density at radius 3 is 2.13 bits per heavy atom. The standard InChI is InChI=1S/C48H62N6O8S/c1-61-26-27-62-25-24-52-46(57)23-22-43(55)21-18-36-11-5-14-40(28-36)34-63(59,60)54-44(15-7-10-35-8-3-2-4-9-35)45(56)31-42(30-38-12-6-13-39(29-38)32-49)48(58)53-33-37-16-19-41(20-17-37)47(50)51/h2-6,8-9,11-14,16-17,19-20,28-29,42,44,54H,7,10,15,18,21-27,30-34,49H2,1H3,(H3,50,51)(H,52,57)(H,53,58)/t42-,44-/m1/s1. The number of amidine groups is 1. The highest BCUT2D eigenvalue weighted by molar-refractivity contribution is 7.88. The van der Waals surface area contributed by atoms with E-state index in [1.165, 1.54) is 0 Å². The van der Waals surface area contributed by atoms with Gasteiger partial charge in [-0.1, -0.05) is 103 Å². The number of amides is 2. The molecular formula is C48H62N6O8S. The lowest BCUT2D eigenvalue weighted by Crippen LogP contribution is -2.43. The van der Waals surface area contributed by atoms with Gasteiger partial charge in [0.2, 0.25) is 21.8 Å². The highest BCUT2D eigenvalue weighted by Gasteiger charge is 2.30. The fourth-order valence-corrected chi connectivity index (χ4v) is 8.38. The zero-order valence-corrected chi connectivity index (χ0v) is 36.9. The second-order valence-electron chi connectivity index (χ2n) is 15.5. The molecule has 8 N–H and O–H groups in total. The fraction of sp³-hybridized carbons (Fsp3) is 0.396. The Morgan fingerprint density at radius 1 is 0.730 bits per heavy atom. The molecule has 0 spiro atoms. The van der Waals surface area contributed by atoms with E-state index in [1.54, 1.807) is 49.6 Å². The van der Waals surface area contributed by atoms with Crippen LogP contribution in [0.1, 0.15) is 77.5 Å². The number of rotatable bonds is 30.